The van der Waals surface area contributed by atoms with Gasteiger partial charge in [-0.1, -0.05) is 13.8 Å². The Morgan fingerprint density at radius 1 is 1.56 bits per heavy atom. The maximum absolute atomic E-state index is 11.4. The second-order valence-corrected chi connectivity index (χ2v) is 5.80. The molecule has 0 aromatic heterocycles. The normalized spacial score (nSPS) is 43.4. The van der Waals surface area contributed by atoms with Crippen LogP contribution >= 0.6 is 0 Å². The van der Waals surface area contributed by atoms with Crippen LogP contribution < -0.4 is 0 Å². The van der Waals surface area contributed by atoms with Gasteiger partial charge in [-0.3, -0.25) is 4.79 Å². The molecule has 0 N–H and O–H groups in total. The fourth-order valence-electron chi connectivity index (χ4n) is 3.24. The smallest absolute Gasteiger partial charge is 0.306 e. The van der Waals surface area contributed by atoms with E-state index in [-0.39, 0.29) is 17.5 Å². The molecule has 3 nitrogen and oxygen atoms in total. The quantitative estimate of drug-likeness (QED) is 0.534. The fraction of sp³-hybridized carbons (Fsp3) is 0.846. The molecule has 0 amide bonds. The minimum absolute atomic E-state index is 0.0419. The van der Waals surface area contributed by atoms with Gasteiger partial charge >= 0.3 is 5.97 Å². The number of hydrogen-bond donors (Lipinski definition) is 0. The van der Waals surface area contributed by atoms with E-state index >= 15 is 0 Å². The first-order chi connectivity index (χ1) is 7.54. The molecule has 90 valence electrons. The maximum Gasteiger partial charge on any atom is 0.306 e. The van der Waals surface area contributed by atoms with Crippen LogP contribution in [0.3, 0.4) is 0 Å². The Morgan fingerprint density at radius 3 is 3.00 bits per heavy atom. The molecule has 1 saturated heterocycles. The highest BCUT2D eigenvalue weighted by molar-refractivity contribution is 5.70. The Kier molecular flexibility index (Phi) is 3.04. The number of hydrogen-bond acceptors (Lipinski definition) is 3. The molecule has 2 aliphatic rings. The van der Waals surface area contributed by atoms with Gasteiger partial charge in [0.2, 0.25) is 0 Å². The summed E-state index contributed by atoms with van der Waals surface area (Å²) in [7, 11) is 0. The van der Waals surface area contributed by atoms with E-state index in [4.69, 9.17) is 4.74 Å². The van der Waals surface area contributed by atoms with Crippen LogP contribution in [0.25, 0.3) is 0 Å². The van der Waals surface area contributed by atoms with E-state index in [9.17, 15) is 9.59 Å². The summed E-state index contributed by atoms with van der Waals surface area (Å²) < 4.78 is 5.45. The van der Waals surface area contributed by atoms with Crippen molar-refractivity contribution in [3.8, 4) is 0 Å². The predicted molar refractivity (Wildman–Crippen MR) is 59.8 cm³/mol. The highest BCUT2D eigenvalue weighted by Gasteiger charge is 2.44. The molecular formula is C13H20O3. The average molecular weight is 224 g/mol. The van der Waals surface area contributed by atoms with Gasteiger partial charge in [0.15, 0.2) is 0 Å². The summed E-state index contributed by atoms with van der Waals surface area (Å²) in [6.45, 7) is 4.27. The van der Waals surface area contributed by atoms with E-state index in [0.717, 1.165) is 25.5 Å². The minimum atomic E-state index is -0.0656. The molecule has 1 aliphatic heterocycles. The Labute approximate surface area is 96.5 Å². The van der Waals surface area contributed by atoms with Gasteiger partial charge in [-0.25, -0.2) is 0 Å². The number of fused-ring (bicyclic) bond motifs is 1. The zero-order valence-corrected chi connectivity index (χ0v) is 10.1. The van der Waals surface area contributed by atoms with Crippen LogP contribution in [-0.4, -0.2) is 18.4 Å². The Balaban J connectivity index is 2.08. The van der Waals surface area contributed by atoms with Crippen LogP contribution in [0.15, 0.2) is 0 Å². The summed E-state index contributed by atoms with van der Waals surface area (Å²) in [5.41, 5.74) is 0.0419. The van der Waals surface area contributed by atoms with E-state index < -0.39 is 0 Å². The van der Waals surface area contributed by atoms with Gasteiger partial charge in [-0.15, -0.1) is 0 Å². The van der Waals surface area contributed by atoms with E-state index in [1.807, 2.05) is 0 Å². The molecule has 0 aromatic rings. The Hall–Kier alpha value is -0.860. The molecule has 1 heterocycles. The van der Waals surface area contributed by atoms with Crippen molar-refractivity contribution >= 4 is 12.3 Å². The van der Waals surface area contributed by atoms with Crippen molar-refractivity contribution in [3.63, 3.8) is 0 Å². The van der Waals surface area contributed by atoms with Gasteiger partial charge in [0.1, 0.15) is 12.4 Å². The van der Waals surface area contributed by atoms with Crippen LogP contribution in [0.2, 0.25) is 0 Å². The standard InChI is InChI=1S/C13H20O3/c1-9-7-12(15)16-11-8-13(2,5-6-14)4-3-10(9)11/h6,9-11H,3-5,7-8H2,1-2H3. The van der Waals surface area contributed by atoms with Crippen molar-refractivity contribution in [2.75, 3.05) is 0 Å². The average Bonchev–Trinajstić information content (AvgIpc) is 2.15. The van der Waals surface area contributed by atoms with Crippen LogP contribution in [-0.2, 0) is 14.3 Å². The minimum Gasteiger partial charge on any atom is -0.462 e. The number of rotatable bonds is 2. The number of esters is 1. The second kappa shape index (κ2) is 4.19. The molecule has 2 rings (SSSR count). The van der Waals surface area contributed by atoms with Gasteiger partial charge in [-0.05, 0) is 36.5 Å². The second-order valence-electron chi connectivity index (χ2n) is 5.80. The van der Waals surface area contributed by atoms with Gasteiger partial charge in [0, 0.05) is 12.8 Å². The maximum atomic E-state index is 11.4. The van der Waals surface area contributed by atoms with E-state index in [2.05, 4.69) is 13.8 Å². The topological polar surface area (TPSA) is 43.4 Å². The molecule has 4 unspecified atom stereocenters. The highest BCUT2D eigenvalue weighted by Crippen LogP contribution is 2.46. The molecule has 3 heteroatoms. The molecule has 0 aromatic carbocycles. The monoisotopic (exact) mass is 224 g/mol. The molecule has 1 saturated carbocycles. The van der Waals surface area contributed by atoms with Gasteiger partial charge in [0.05, 0.1) is 0 Å². The lowest BCUT2D eigenvalue weighted by molar-refractivity contribution is -0.170. The third kappa shape index (κ3) is 2.13. The summed E-state index contributed by atoms with van der Waals surface area (Å²) >= 11 is 0. The van der Waals surface area contributed by atoms with Crippen LogP contribution in [0.1, 0.15) is 46.0 Å². The van der Waals surface area contributed by atoms with Crippen molar-refractivity contribution in [1.29, 1.82) is 0 Å². The third-order valence-electron chi connectivity index (χ3n) is 4.33. The lowest BCUT2D eigenvalue weighted by atomic mass is 9.65. The van der Waals surface area contributed by atoms with Crippen LogP contribution in [0, 0.1) is 17.3 Å². The molecule has 2 fully saturated rings. The first-order valence-electron chi connectivity index (χ1n) is 6.17. The fourth-order valence-corrected chi connectivity index (χ4v) is 3.24. The summed E-state index contributed by atoms with van der Waals surface area (Å²) in [5.74, 6) is 0.883. The van der Waals surface area contributed by atoms with E-state index in [0.29, 0.717) is 24.7 Å². The van der Waals surface area contributed by atoms with Gasteiger partial charge in [0.25, 0.3) is 0 Å². The number of aldehydes is 1. The first-order valence-corrected chi connectivity index (χ1v) is 6.17. The molecule has 16 heavy (non-hydrogen) atoms. The molecule has 0 radical (unpaired) electrons. The zero-order valence-electron chi connectivity index (χ0n) is 10.1. The van der Waals surface area contributed by atoms with Crippen molar-refractivity contribution < 1.29 is 14.3 Å². The Morgan fingerprint density at radius 2 is 2.31 bits per heavy atom. The molecular weight excluding hydrogens is 204 g/mol. The van der Waals surface area contributed by atoms with E-state index in [1.165, 1.54) is 0 Å². The van der Waals surface area contributed by atoms with Gasteiger partial charge < -0.3 is 9.53 Å². The SMILES string of the molecule is CC1CC(=O)OC2CC(C)(CC=O)CCC12. The zero-order chi connectivity index (χ0) is 11.8. The summed E-state index contributed by atoms with van der Waals surface area (Å²) in [5, 5.41) is 0. The molecule has 0 spiro atoms. The first kappa shape index (κ1) is 11.6. The predicted octanol–water partition coefficient (Wildman–Crippen LogP) is 2.33. The summed E-state index contributed by atoms with van der Waals surface area (Å²) in [6.07, 6.45) is 5.21. The largest absolute Gasteiger partial charge is 0.462 e. The molecule has 1 aliphatic carbocycles. The number of ether oxygens (including phenoxy) is 1. The lowest BCUT2D eigenvalue weighted by Crippen LogP contribution is -2.45. The molecule has 0 bridgehead atoms. The van der Waals surface area contributed by atoms with Crippen LogP contribution in [0.5, 0.6) is 0 Å². The number of carbonyl (C=O) groups is 2. The van der Waals surface area contributed by atoms with E-state index in [1.54, 1.807) is 0 Å². The number of carbonyl (C=O) groups excluding carboxylic acids is 2. The molecule has 4 atom stereocenters. The highest BCUT2D eigenvalue weighted by atomic mass is 16.5. The van der Waals surface area contributed by atoms with Crippen molar-refractivity contribution in [2.45, 2.75) is 52.1 Å². The van der Waals surface area contributed by atoms with Crippen LogP contribution in [0.4, 0.5) is 0 Å². The summed E-state index contributed by atoms with van der Waals surface area (Å²) in [6, 6.07) is 0. The summed E-state index contributed by atoms with van der Waals surface area (Å²) in [4.78, 5) is 22.1. The Bertz CT molecular complexity index is 300. The van der Waals surface area contributed by atoms with Crippen molar-refractivity contribution in [2.24, 2.45) is 17.3 Å². The third-order valence-corrected chi connectivity index (χ3v) is 4.33. The lowest BCUT2D eigenvalue weighted by Gasteiger charge is -2.45. The van der Waals surface area contributed by atoms with Crippen molar-refractivity contribution in [3.05, 3.63) is 0 Å². The van der Waals surface area contributed by atoms with Crippen molar-refractivity contribution in [1.82, 2.24) is 0 Å². The van der Waals surface area contributed by atoms with Gasteiger partial charge in [-0.2, -0.15) is 0 Å².